The molecule has 1 N–H and O–H groups in total. The van der Waals surface area contributed by atoms with Gasteiger partial charge in [-0.1, -0.05) is 37.3 Å². The molecule has 0 aromatic heterocycles. The van der Waals surface area contributed by atoms with Crippen LogP contribution in [0.4, 0.5) is 4.39 Å². The van der Waals surface area contributed by atoms with Crippen molar-refractivity contribution in [3.63, 3.8) is 0 Å². The van der Waals surface area contributed by atoms with Gasteiger partial charge in [-0.25, -0.2) is 4.39 Å². The van der Waals surface area contributed by atoms with E-state index in [9.17, 15) is 4.39 Å². The van der Waals surface area contributed by atoms with Crippen LogP contribution in [0.1, 0.15) is 18.9 Å². The first-order chi connectivity index (χ1) is 9.76. The Bertz CT molecular complexity index is 569. The van der Waals surface area contributed by atoms with Crippen LogP contribution in [-0.2, 0) is 6.54 Å². The van der Waals surface area contributed by atoms with E-state index in [1.165, 1.54) is 7.11 Å². The molecule has 20 heavy (non-hydrogen) atoms. The summed E-state index contributed by atoms with van der Waals surface area (Å²) < 4.78 is 19.3. The number of rotatable bonds is 6. The van der Waals surface area contributed by atoms with E-state index >= 15 is 0 Å². The summed E-state index contributed by atoms with van der Waals surface area (Å²) in [6.45, 7) is 3.92. The van der Waals surface area contributed by atoms with E-state index in [1.54, 1.807) is 18.2 Å². The second kappa shape index (κ2) is 7.06. The lowest BCUT2D eigenvalue weighted by molar-refractivity contribution is 0.387. The summed E-state index contributed by atoms with van der Waals surface area (Å²) in [5.41, 5.74) is 2.59. The van der Waals surface area contributed by atoms with E-state index in [4.69, 9.17) is 4.74 Å². The average molecular weight is 273 g/mol. The third-order valence-corrected chi connectivity index (χ3v) is 3.18. The van der Waals surface area contributed by atoms with Gasteiger partial charge >= 0.3 is 0 Å². The molecule has 0 fully saturated rings. The second-order valence-electron chi connectivity index (χ2n) is 4.70. The van der Waals surface area contributed by atoms with E-state index in [0.717, 1.165) is 30.6 Å². The van der Waals surface area contributed by atoms with Gasteiger partial charge in [0, 0.05) is 12.1 Å². The third-order valence-electron chi connectivity index (χ3n) is 3.18. The molecule has 0 bridgehead atoms. The highest BCUT2D eigenvalue weighted by molar-refractivity contribution is 5.66. The van der Waals surface area contributed by atoms with Gasteiger partial charge in [-0.3, -0.25) is 0 Å². The predicted molar refractivity (Wildman–Crippen MR) is 80.4 cm³/mol. The monoisotopic (exact) mass is 273 g/mol. The highest BCUT2D eigenvalue weighted by atomic mass is 19.1. The largest absolute Gasteiger partial charge is 0.494 e. The first-order valence-corrected chi connectivity index (χ1v) is 6.88. The van der Waals surface area contributed by atoms with Crippen molar-refractivity contribution in [3.8, 4) is 16.9 Å². The molecule has 0 spiro atoms. The average Bonchev–Trinajstić information content (AvgIpc) is 2.48. The predicted octanol–water partition coefficient (Wildman–Crippen LogP) is 4.00. The van der Waals surface area contributed by atoms with E-state index in [-0.39, 0.29) is 11.6 Å². The van der Waals surface area contributed by atoms with Crippen molar-refractivity contribution >= 4 is 0 Å². The van der Waals surface area contributed by atoms with E-state index in [0.29, 0.717) is 5.56 Å². The van der Waals surface area contributed by atoms with Crippen molar-refractivity contribution in [2.24, 2.45) is 0 Å². The molecule has 0 heterocycles. The van der Waals surface area contributed by atoms with Gasteiger partial charge in [0.2, 0.25) is 0 Å². The number of benzene rings is 2. The highest BCUT2D eigenvalue weighted by Crippen LogP contribution is 2.29. The Hall–Kier alpha value is -1.87. The normalized spacial score (nSPS) is 10.6. The minimum absolute atomic E-state index is 0.275. The van der Waals surface area contributed by atoms with E-state index in [1.807, 2.05) is 24.3 Å². The molecule has 0 atom stereocenters. The fourth-order valence-electron chi connectivity index (χ4n) is 2.15. The van der Waals surface area contributed by atoms with Crippen molar-refractivity contribution < 1.29 is 9.13 Å². The molecule has 0 saturated heterocycles. The lowest BCUT2D eigenvalue weighted by atomic mass is 10.0. The third kappa shape index (κ3) is 3.36. The van der Waals surface area contributed by atoms with Crippen molar-refractivity contribution in [2.45, 2.75) is 19.9 Å². The van der Waals surface area contributed by atoms with Crippen LogP contribution in [0, 0.1) is 5.82 Å². The molecule has 0 aliphatic heterocycles. The van der Waals surface area contributed by atoms with Gasteiger partial charge in [0.15, 0.2) is 11.6 Å². The maximum atomic E-state index is 14.3. The lowest BCUT2D eigenvalue weighted by Gasteiger charge is -2.09. The number of hydrogen-bond donors (Lipinski definition) is 1. The zero-order chi connectivity index (χ0) is 14.4. The molecule has 0 aliphatic carbocycles. The summed E-state index contributed by atoms with van der Waals surface area (Å²) >= 11 is 0. The number of ether oxygens (including phenoxy) is 1. The molecule has 0 radical (unpaired) electrons. The Labute approximate surface area is 119 Å². The summed E-state index contributed by atoms with van der Waals surface area (Å²) in [5.74, 6) is -0.0364. The van der Waals surface area contributed by atoms with Crippen LogP contribution in [0.15, 0.2) is 42.5 Å². The van der Waals surface area contributed by atoms with Gasteiger partial charge in [-0.05, 0) is 36.2 Å². The van der Waals surface area contributed by atoms with E-state index in [2.05, 4.69) is 12.2 Å². The molecule has 0 amide bonds. The number of hydrogen-bond acceptors (Lipinski definition) is 2. The molecule has 0 unspecified atom stereocenters. The van der Waals surface area contributed by atoms with Crippen LogP contribution >= 0.6 is 0 Å². The SMILES string of the molecule is CCCNCc1cccc(-c2cccc(OC)c2F)c1. The van der Waals surface area contributed by atoms with Crippen molar-refractivity contribution in [1.29, 1.82) is 0 Å². The topological polar surface area (TPSA) is 21.3 Å². The summed E-state index contributed by atoms with van der Waals surface area (Å²) in [4.78, 5) is 0. The van der Waals surface area contributed by atoms with Crippen LogP contribution in [0.3, 0.4) is 0 Å². The molecule has 106 valence electrons. The molecular formula is C17H20FNO. The zero-order valence-corrected chi connectivity index (χ0v) is 11.9. The van der Waals surface area contributed by atoms with Crippen LogP contribution in [-0.4, -0.2) is 13.7 Å². The molecule has 2 rings (SSSR count). The summed E-state index contributed by atoms with van der Waals surface area (Å²) in [5, 5.41) is 3.35. The molecule has 2 aromatic carbocycles. The van der Waals surface area contributed by atoms with Gasteiger partial charge in [0.05, 0.1) is 7.11 Å². The Morgan fingerprint density at radius 3 is 2.70 bits per heavy atom. The van der Waals surface area contributed by atoms with Crippen LogP contribution in [0.5, 0.6) is 5.75 Å². The standard InChI is InChI=1S/C17H20FNO/c1-3-10-19-12-13-6-4-7-14(11-13)15-8-5-9-16(20-2)17(15)18/h4-9,11,19H,3,10,12H2,1-2H3. The molecule has 2 nitrogen and oxygen atoms in total. The Morgan fingerprint density at radius 2 is 1.95 bits per heavy atom. The Balaban J connectivity index is 2.26. The summed E-state index contributed by atoms with van der Waals surface area (Å²) in [6.07, 6.45) is 1.10. The maximum absolute atomic E-state index is 14.3. The Morgan fingerprint density at radius 1 is 1.15 bits per heavy atom. The van der Waals surface area contributed by atoms with Gasteiger partial charge in [0.25, 0.3) is 0 Å². The van der Waals surface area contributed by atoms with Crippen molar-refractivity contribution in [3.05, 3.63) is 53.8 Å². The number of methoxy groups -OCH3 is 1. The summed E-state index contributed by atoms with van der Waals surface area (Å²) in [6, 6.07) is 13.1. The van der Waals surface area contributed by atoms with Crippen LogP contribution in [0.25, 0.3) is 11.1 Å². The minimum Gasteiger partial charge on any atom is -0.494 e. The quantitative estimate of drug-likeness (QED) is 0.803. The molecular weight excluding hydrogens is 253 g/mol. The second-order valence-corrected chi connectivity index (χ2v) is 4.70. The van der Waals surface area contributed by atoms with Crippen molar-refractivity contribution in [1.82, 2.24) is 5.32 Å². The highest BCUT2D eigenvalue weighted by Gasteiger charge is 2.10. The van der Waals surface area contributed by atoms with Crippen LogP contribution < -0.4 is 10.1 Å². The molecule has 0 aliphatic rings. The summed E-state index contributed by atoms with van der Waals surface area (Å²) in [7, 11) is 1.48. The minimum atomic E-state index is -0.311. The van der Waals surface area contributed by atoms with Crippen molar-refractivity contribution in [2.75, 3.05) is 13.7 Å². The fourth-order valence-corrected chi connectivity index (χ4v) is 2.15. The van der Waals surface area contributed by atoms with Gasteiger partial charge in [-0.2, -0.15) is 0 Å². The smallest absolute Gasteiger partial charge is 0.172 e. The molecule has 2 aromatic rings. The lowest BCUT2D eigenvalue weighted by Crippen LogP contribution is -2.13. The molecule has 0 saturated carbocycles. The fraction of sp³-hybridized carbons (Fsp3) is 0.294. The Kier molecular flexibility index (Phi) is 5.13. The van der Waals surface area contributed by atoms with E-state index < -0.39 is 0 Å². The molecule has 3 heteroatoms. The van der Waals surface area contributed by atoms with Gasteiger partial charge in [-0.15, -0.1) is 0 Å². The first kappa shape index (κ1) is 14.5. The van der Waals surface area contributed by atoms with Gasteiger partial charge in [0.1, 0.15) is 0 Å². The maximum Gasteiger partial charge on any atom is 0.172 e. The zero-order valence-electron chi connectivity index (χ0n) is 11.9. The number of nitrogens with one attached hydrogen (secondary N) is 1. The van der Waals surface area contributed by atoms with Gasteiger partial charge < -0.3 is 10.1 Å². The number of halogens is 1. The first-order valence-electron chi connectivity index (χ1n) is 6.88. The van der Waals surface area contributed by atoms with Crippen LogP contribution in [0.2, 0.25) is 0 Å².